The van der Waals surface area contributed by atoms with E-state index in [9.17, 15) is 4.79 Å². The Hall–Kier alpha value is -0.570. The molecule has 0 aromatic rings. The van der Waals surface area contributed by atoms with Gasteiger partial charge in [-0.2, -0.15) is 0 Å². The van der Waals surface area contributed by atoms with E-state index >= 15 is 0 Å². The van der Waals surface area contributed by atoms with Crippen molar-refractivity contribution in [2.24, 2.45) is 16.7 Å². The van der Waals surface area contributed by atoms with Gasteiger partial charge in [0.25, 0.3) is 0 Å². The molecular formula is C15H31NO2. The second kappa shape index (κ2) is 6.55. The predicted molar refractivity (Wildman–Crippen MR) is 76.3 cm³/mol. The lowest BCUT2D eigenvalue weighted by molar-refractivity contribution is -0.124. The van der Waals surface area contributed by atoms with Gasteiger partial charge in [-0.25, -0.2) is 0 Å². The van der Waals surface area contributed by atoms with E-state index in [1.807, 2.05) is 0 Å². The van der Waals surface area contributed by atoms with Crippen LogP contribution >= 0.6 is 0 Å². The van der Waals surface area contributed by atoms with Gasteiger partial charge in [-0.1, -0.05) is 48.5 Å². The number of carbonyl (C=O) groups is 1. The fourth-order valence-corrected chi connectivity index (χ4v) is 1.69. The minimum Gasteiger partial charge on any atom is -0.396 e. The normalized spacial score (nSPS) is 16.2. The van der Waals surface area contributed by atoms with Crippen LogP contribution in [0.3, 0.4) is 0 Å². The Balaban J connectivity index is 4.44. The van der Waals surface area contributed by atoms with E-state index in [0.29, 0.717) is 18.8 Å². The third kappa shape index (κ3) is 6.39. The standard InChI is InChI=1S/C15H31NO2/c1-11(14(2,3)4)10-13(18)16-12(8-9-17)15(5,6)7/h11-12,17H,8-10H2,1-7H3,(H,16,18). The number of aliphatic hydroxyl groups is 1. The number of hydrogen-bond acceptors (Lipinski definition) is 2. The Morgan fingerprint density at radius 3 is 1.94 bits per heavy atom. The molecule has 0 saturated heterocycles. The van der Waals surface area contributed by atoms with Crippen LogP contribution in [0.25, 0.3) is 0 Å². The third-order valence-electron chi connectivity index (χ3n) is 3.77. The zero-order valence-corrected chi connectivity index (χ0v) is 13.1. The van der Waals surface area contributed by atoms with Crippen LogP contribution in [-0.4, -0.2) is 23.7 Å². The van der Waals surface area contributed by atoms with Gasteiger partial charge in [-0.3, -0.25) is 4.79 Å². The highest BCUT2D eigenvalue weighted by Crippen LogP contribution is 2.28. The van der Waals surface area contributed by atoms with Crippen molar-refractivity contribution in [2.75, 3.05) is 6.61 Å². The van der Waals surface area contributed by atoms with Crippen LogP contribution in [0.5, 0.6) is 0 Å². The average Bonchev–Trinajstić information content (AvgIpc) is 2.13. The Morgan fingerprint density at radius 2 is 1.61 bits per heavy atom. The summed E-state index contributed by atoms with van der Waals surface area (Å²) in [5, 5.41) is 12.1. The number of hydrogen-bond donors (Lipinski definition) is 2. The largest absolute Gasteiger partial charge is 0.396 e. The zero-order chi connectivity index (χ0) is 14.6. The molecule has 0 rings (SSSR count). The first-order valence-corrected chi connectivity index (χ1v) is 6.88. The van der Waals surface area contributed by atoms with E-state index in [-0.39, 0.29) is 29.4 Å². The fraction of sp³-hybridized carbons (Fsp3) is 0.933. The van der Waals surface area contributed by atoms with Crippen LogP contribution in [0, 0.1) is 16.7 Å². The summed E-state index contributed by atoms with van der Waals surface area (Å²) in [4.78, 5) is 12.0. The smallest absolute Gasteiger partial charge is 0.220 e. The van der Waals surface area contributed by atoms with Crippen molar-refractivity contribution in [3.8, 4) is 0 Å². The van der Waals surface area contributed by atoms with Gasteiger partial charge < -0.3 is 10.4 Å². The monoisotopic (exact) mass is 257 g/mol. The molecule has 3 heteroatoms. The molecule has 0 aromatic carbocycles. The number of amides is 1. The Labute approximate surface area is 112 Å². The lowest BCUT2D eigenvalue weighted by atomic mass is 9.79. The first-order valence-electron chi connectivity index (χ1n) is 6.88. The topological polar surface area (TPSA) is 49.3 Å². The second-order valence-corrected chi connectivity index (χ2v) is 7.47. The first kappa shape index (κ1) is 17.4. The average molecular weight is 257 g/mol. The number of carbonyl (C=O) groups excluding carboxylic acids is 1. The maximum atomic E-state index is 12.0. The molecule has 0 aliphatic heterocycles. The summed E-state index contributed by atoms with van der Waals surface area (Å²) < 4.78 is 0. The van der Waals surface area contributed by atoms with Crippen molar-refractivity contribution in [3.05, 3.63) is 0 Å². The second-order valence-electron chi connectivity index (χ2n) is 7.47. The molecule has 2 unspecified atom stereocenters. The lowest BCUT2D eigenvalue weighted by Gasteiger charge is -2.33. The zero-order valence-electron chi connectivity index (χ0n) is 13.1. The van der Waals surface area contributed by atoms with Gasteiger partial charge in [0.1, 0.15) is 0 Å². The van der Waals surface area contributed by atoms with Gasteiger partial charge in [0.2, 0.25) is 5.91 Å². The van der Waals surface area contributed by atoms with Crippen LogP contribution in [0.2, 0.25) is 0 Å². The molecule has 0 heterocycles. The third-order valence-corrected chi connectivity index (χ3v) is 3.77. The molecule has 0 spiro atoms. The molecule has 108 valence electrons. The molecule has 0 aliphatic rings. The van der Waals surface area contributed by atoms with Crippen molar-refractivity contribution in [3.63, 3.8) is 0 Å². The minimum atomic E-state index is -0.0244. The molecule has 0 aliphatic carbocycles. The van der Waals surface area contributed by atoms with E-state index in [1.54, 1.807) is 0 Å². The van der Waals surface area contributed by atoms with Gasteiger partial charge in [0, 0.05) is 19.1 Å². The van der Waals surface area contributed by atoms with Crippen LogP contribution in [0.1, 0.15) is 61.3 Å². The van der Waals surface area contributed by atoms with E-state index in [4.69, 9.17) is 5.11 Å². The van der Waals surface area contributed by atoms with Crippen LogP contribution < -0.4 is 5.32 Å². The summed E-state index contributed by atoms with van der Waals surface area (Å²) in [6, 6.07) is 0.0298. The highest BCUT2D eigenvalue weighted by Gasteiger charge is 2.28. The quantitative estimate of drug-likeness (QED) is 0.795. The molecule has 0 aromatic heterocycles. The molecule has 0 fully saturated rings. The van der Waals surface area contributed by atoms with Crippen molar-refractivity contribution >= 4 is 5.91 Å². The van der Waals surface area contributed by atoms with Crippen molar-refractivity contribution in [2.45, 2.75) is 67.3 Å². The highest BCUT2D eigenvalue weighted by atomic mass is 16.3. The molecule has 1 amide bonds. The first-order chi connectivity index (χ1) is 7.98. The molecule has 0 radical (unpaired) electrons. The summed E-state index contributed by atoms with van der Waals surface area (Å²) in [6.07, 6.45) is 1.15. The van der Waals surface area contributed by atoms with Gasteiger partial charge in [0.15, 0.2) is 0 Å². The lowest BCUT2D eigenvalue weighted by Crippen LogP contribution is -2.45. The van der Waals surface area contributed by atoms with Gasteiger partial charge in [0.05, 0.1) is 0 Å². The predicted octanol–water partition coefficient (Wildman–Crippen LogP) is 2.97. The summed E-state index contributed by atoms with van der Waals surface area (Å²) in [5.74, 6) is 0.429. The van der Waals surface area contributed by atoms with Crippen LogP contribution in [0.4, 0.5) is 0 Å². The number of rotatable bonds is 5. The van der Waals surface area contributed by atoms with E-state index in [0.717, 1.165) is 0 Å². The fourth-order valence-electron chi connectivity index (χ4n) is 1.69. The van der Waals surface area contributed by atoms with E-state index in [1.165, 1.54) is 0 Å². The van der Waals surface area contributed by atoms with Crippen molar-refractivity contribution in [1.29, 1.82) is 0 Å². The number of nitrogens with one attached hydrogen (secondary N) is 1. The maximum absolute atomic E-state index is 12.0. The molecule has 3 nitrogen and oxygen atoms in total. The number of aliphatic hydroxyl groups excluding tert-OH is 1. The molecule has 0 bridgehead atoms. The Kier molecular flexibility index (Phi) is 6.35. The van der Waals surface area contributed by atoms with E-state index < -0.39 is 0 Å². The highest BCUT2D eigenvalue weighted by molar-refractivity contribution is 5.76. The van der Waals surface area contributed by atoms with Crippen molar-refractivity contribution in [1.82, 2.24) is 5.32 Å². The summed E-state index contributed by atoms with van der Waals surface area (Å²) in [5.41, 5.74) is 0.120. The summed E-state index contributed by atoms with van der Waals surface area (Å²) in [6.45, 7) is 14.9. The van der Waals surface area contributed by atoms with Crippen LogP contribution in [-0.2, 0) is 4.79 Å². The molecule has 2 N–H and O–H groups in total. The van der Waals surface area contributed by atoms with Crippen LogP contribution in [0.15, 0.2) is 0 Å². The maximum Gasteiger partial charge on any atom is 0.220 e. The molecule has 0 saturated carbocycles. The molecule has 18 heavy (non-hydrogen) atoms. The van der Waals surface area contributed by atoms with E-state index in [2.05, 4.69) is 53.8 Å². The minimum absolute atomic E-state index is 0.0244. The Morgan fingerprint density at radius 1 is 1.11 bits per heavy atom. The SMILES string of the molecule is CC(CC(=O)NC(CCO)C(C)(C)C)C(C)(C)C. The molecular weight excluding hydrogens is 226 g/mol. The molecule has 2 atom stereocenters. The van der Waals surface area contributed by atoms with Gasteiger partial charge in [-0.15, -0.1) is 0 Å². The van der Waals surface area contributed by atoms with Gasteiger partial charge >= 0.3 is 0 Å². The summed E-state index contributed by atoms with van der Waals surface area (Å²) >= 11 is 0. The van der Waals surface area contributed by atoms with Crippen molar-refractivity contribution < 1.29 is 9.90 Å². The van der Waals surface area contributed by atoms with Gasteiger partial charge in [-0.05, 0) is 23.2 Å². The summed E-state index contributed by atoms with van der Waals surface area (Å²) in [7, 11) is 0. The Bertz CT molecular complexity index is 261.